The second-order valence-electron chi connectivity index (χ2n) is 6.76. The Labute approximate surface area is 154 Å². The Hall–Kier alpha value is -1.63. The molecule has 0 aliphatic heterocycles. The maximum absolute atomic E-state index is 12.6. The Morgan fingerprint density at radius 1 is 1.28 bits per heavy atom. The van der Waals surface area contributed by atoms with Crippen molar-refractivity contribution in [3.05, 3.63) is 11.1 Å². The van der Waals surface area contributed by atoms with Crippen LogP contribution in [0.5, 0.6) is 0 Å². The number of nitrogens with one attached hydrogen (secondary N) is 2. The molecule has 1 aromatic heterocycles. The second kappa shape index (κ2) is 10.4. The van der Waals surface area contributed by atoms with Crippen LogP contribution in [0.3, 0.4) is 0 Å². The summed E-state index contributed by atoms with van der Waals surface area (Å²) in [6, 6.07) is 0.132. The number of aryl methyl sites for hydroxylation is 1. The van der Waals surface area contributed by atoms with E-state index < -0.39 is 0 Å². The summed E-state index contributed by atoms with van der Waals surface area (Å²) in [4.78, 5) is 30.8. The number of thiazole rings is 1. The van der Waals surface area contributed by atoms with E-state index in [-0.39, 0.29) is 24.5 Å². The molecule has 1 aliphatic carbocycles. The van der Waals surface area contributed by atoms with Crippen LogP contribution >= 0.6 is 11.3 Å². The van der Waals surface area contributed by atoms with E-state index >= 15 is 0 Å². The molecular formula is C18H30N4O2S. The molecule has 0 atom stereocenters. The van der Waals surface area contributed by atoms with E-state index in [4.69, 9.17) is 0 Å². The molecule has 2 N–H and O–H groups in total. The smallest absolute Gasteiger partial charge is 0.318 e. The maximum atomic E-state index is 12.6. The highest BCUT2D eigenvalue weighted by Gasteiger charge is 2.21. The fourth-order valence-corrected chi connectivity index (χ4v) is 3.77. The van der Waals surface area contributed by atoms with Gasteiger partial charge in [-0.15, -0.1) is 11.3 Å². The lowest BCUT2D eigenvalue weighted by Crippen LogP contribution is -2.48. The van der Waals surface area contributed by atoms with Crippen molar-refractivity contribution in [2.45, 2.75) is 71.3 Å². The zero-order valence-corrected chi connectivity index (χ0v) is 16.2. The highest BCUT2D eigenvalue weighted by atomic mass is 32.1. The summed E-state index contributed by atoms with van der Waals surface area (Å²) in [6.45, 7) is 4.70. The first kappa shape index (κ1) is 19.7. The number of hydrogen-bond donors (Lipinski definition) is 2. The van der Waals surface area contributed by atoms with Crippen molar-refractivity contribution in [2.24, 2.45) is 0 Å². The van der Waals surface area contributed by atoms with E-state index in [0.717, 1.165) is 37.8 Å². The van der Waals surface area contributed by atoms with Gasteiger partial charge in [0, 0.05) is 18.0 Å². The SMILES string of the molecule is CCCCCN(CC(=O)Nc1nc(C)cs1)C(=O)NC1CCCCC1. The lowest BCUT2D eigenvalue weighted by atomic mass is 9.96. The summed E-state index contributed by atoms with van der Waals surface area (Å²) in [6.07, 6.45) is 8.73. The number of urea groups is 1. The maximum Gasteiger partial charge on any atom is 0.318 e. The second-order valence-corrected chi connectivity index (χ2v) is 7.61. The molecule has 1 heterocycles. The molecule has 140 valence electrons. The van der Waals surface area contributed by atoms with Crippen LogP contribution in [0.1, 0.15) is 64.0 Å². The molecule has 1 aromatic rings. The van der Waals surface area contributed by atoms with Gasteiger partial charge in [-0.25, -0.2) is 9.78 Å². The van der Waals surface area contributed by atoms with Gasteiger partial charge in [0.25, 0.3) is 0 Å². The average molecular weight is 367 g/mol. The minimum Gasteiger partial charge on any atom is -0.335 e. The first-order chi connectivity index (χ1) is 12.1. The van der Waals surface area contributed by atoms with Crippen LogP contribution in [-0.2, 0) is 4.79 Å². The molecule has 0 bridgehead atoms. The lowest BCUT2D eigenvalue weighted by Gasteiger charge is -2.28. The predicted molar refractivity (Wildman–Crippen MR) is 102 cm³/mol. The Morgan fingerprint density at radius 2 is 2.04 bits per heavy atom. The van der Waals surface area contributed by atoms with Crippen LogP contribution in [0.4, 0.5) is 9.93 Å². The van der Waals surface area contributed by atoms with Gasteiger partial charge in [0.1, 0.15) is 6.54 Å². The van der Waals surface area contributed by atoms with E-state index in [1.165, 1.54) is 30.6 Å². The molecule has 1 saturated carbocycles. The van der Waals surface area contributed by atoms with Crippen molar-refractivity contribution in [2.75, 3.05) is 18.4 Å². The number of hydrogen-bond acceptors (Lipinski definition) is 4. The molecule has 0 aromatic carbocycles. The van der Waals surface area contributed by atoms with E-state index in [0.29, 0.717) is 11.7 Å². The highest BCUT2D eigenvalue weighted by molar-refractivity contribution is 7.13. The van der Waals surface area contributed by atoms with E-state index in [1.54, 1.807) is 4.90 Å². The fourth-order valence-electron chi connectivity index (χ4n) is 3.06. The molecule has 6 nitrogen and oxygen atoms in total. The third-order valence-electron chi connectivity index (χ3n) is 4.45. The van der Waals surface area contributed by atoms with Crippen molar-refractivity contribution in [3.8, 4) is 0 Å². The summed E-state index contributed by atoms with van der Waals surface area (Å²) < 4.78 is 0. The Kier molecular flexibility index (Phi) is 8.18. The summed E-state index contributed by atoms with van der Waals surface area (Å²) in [5, 5.41) is 8.38. The molecule has 1 fully saturated rings. The highest BCUT2D eigenvalue weighted by Crippen LogP contribution is 2.18. The lowest BCUT2D eigenvalue weighted by molar-refractivity contribution is -0.116. The minimum atomic E-state index is -0.190. The molecule has 7 heteroatoms. The zero-order valence-electron chi connectivity index (χ0n) is 15.3. The summed E-state index contributed by atoms with van der Waals surface area (Å²) in [5.74, 6) is -0.190. The van der Waals surface area contributed by atoms with Gasteiger partial charge < -0.3 is 15.5 Å². The van der Waals surface area contributed by atoms with Gasteiger partial charge in [0.05, 0.1) is 5.69 Å². The molecule has 2 rings (SSSR count). The van der Waals surface area contributed by atoms with Crippen molar-refractivity contribution >= 4 is 28.4 Å². The molecular weight excluding hydrogens is 336 g/mol. The van der Waals surface area contributed by atoms with E-state index in [1.807, 2.05) is 12.3 Å². The largest absolute Gasteiger partial charge is 0.335 e. The number of carbonyl (C=O) groups excluding carboxylic acids is 2. The number of amides is 3. The first-order valence-electron chi connectivity index (χ1n) is 9.36. The van der Waals surface area contributed by atoms with Crippen molar-refractivity contribution < 1.29 is 9.59 Å². The number of carbonyl (C=O) groups is 2. The van der Waals surface area contributed by atoms with Crippen LogP contribution in [0.25, 0.3) is 0 Å². The monoisotopic (exact) mass is 366 g/mol. The Balaban J connectivity index is 1.88. The fraction of sp³-hybridized carbons (Fsp3) is 0.722. The zero-order chi connectivity index (χ0) is 18.1. The van der Waals surface area contributed by atoms with Crippen molar-refractivity contribution in [1.29, 1.82) is 0 Å². The predicted octanol–water partition coefficient (Wildman–Crippen LogP) is 3.92. The van der Waals surface area contributed by atoms with E-state index in [2.05, 4.69) is 22.5 Å². The first-order valence-corrected chi connectivity index (χ1v) is 10.2. The van der Waals surface area contributed by atoms with Crippen LogP contribution in [0.15, 0.2) is 5.38 Å². The quantitative estimate of drug-likeness (QED) is 0.685. The van der Waals surface area contributed by atoms with Crippen LogP contribution in [0.2, 0.25) is 0 Å². The molecule has 1 aliphatic rings. The number of nitrogens with zero attached hydrogens (tertiary/aromatic N) is 2. The van der Waals surface area contributed by atoms with Gasteiger partial charge in [0.2, 0.25) is 5.91 Å². The van der Waals surface area contributed by atoms with Gasteiger partial charge in [-0.05, 0) is 26.2 Å². The Morgan fingerprint density at radius 3 is 2.68 bits per heavy atom. The molecule has 0 spiro atoms. The standard InChI is InChI=1S/C18H30N4O2S/c1-3-4-8-11-22(18(24)20-15-9-6-5-7-10-15)12-16(23)21-17-19-14(2)13-25-17/h13,15H,3-12H2,1-2H3,(H,20,24)(H,19,21,23). The van der Waals surface area contributed by atoms with Gasteiger partial charge in [-0.1, -0.05) is 39.0 Å². The van der Waals surface area contributed by atoms with Gasteiger partial charge >= 0.3 is 6.03 Å². The molecule has 25 heavy (non-hydrogen) atoms. The van der Waals surface area contributed by atoms with Crippen LogP contribution in [0, 0.1) is 6.92 Å². The summed E-state index contributed by atoms with van der Waals surface area (Å²) >= 11 is 1.40. The van der Waals surface area contributed by atoms with Crippen LogP contribution < -0.4 is 10.6 Å². The van der Waals surface area contributed by atoms with E-state index in [9.17, 15) is 9.59 Å². The molecule has 0 radical (unpaired) electrons. The number of rotatable bonds is 8. The molecule has 3 amide bonds. The third kappa shape index (κ3) is 7.02. The minimum absolute atomic E-state index is 0.0703. The summed E-state index contributed by atoms with van der Waals surface area (Å²) in [5.41, 5.74) is 0.884. The Bertz CT molecular complexity index is 555. The molecule has 0 unspecified atom stereocenters. The van der Waals surface area contributed by atoms with Gasteiger partial charge in [-0.3, -0.25) is 4.79 Å². The number of anilines is 1. The number of unbranched alkanes of at least 4 members (excludes halogenated alkanes) is 2. The normalized spacial score (nSPS) is 15.0. The molecule has 0 saturated heterocycles. The number of aromatic nitrogens is 1. The third-order valence-corrected chi connectivity index (χ3v) is 5.33. The summed E-state index contributed by atoms with van der Waals surface area (Å²) in [7, 11) is 0. The topological polar surface area (TPSA) is 74.3 Å². The van der Waals surface area contributed by atoms with Crippen molar-refractivity contribution in [3.63, 3.8) is 0 Å². The van der Waals surface area contributed by atoms with Crippen LogP contribution in [-0.4, -0.2) is 41.0 Å². The van der Waals surface area contributed by atoms with Gasteiger partial charge in [0.15, 0.2) is 5.13 Å². The van der Waals surface area contributed by atoms with Crippen molar-refractivity contribution in [1.82, 2.24) is 15.2 Å². The average Bonchev–Trinajstić information content (AvgIpc) is 2.99. The van der Waals surface area contributed by atoms with Gasteiger partial charge in [-0.2, -0.15) is 0 Å².